The summed E-state index contributed by atoms with van der Waals surface area (Å²) in [5, 5.41) is 7.83. The van der Waals surface area contributed by atoms with Crippen molar-refractivity contribution in [1.29, 1.82) is 0 Å². The molecule has 0 saturated carbocycles. The highest BCUT2D eigenvalue weighted by molar-refractivity contribution is 6.31. The zero-order chi connectivity index (χ0) is 14.7. The van der Waals surface area contributed by atoms with Crippen molar-refractivity contribution in [2.45, 2.75) is 12.2 Å². The predicted molar refractivity (Wildman–Crippen MR) is 76.2 cm³/mol. The van der Waals surface area contributed by atoms with E-state index in [1.807, 2.05) is 18.2 Å². The van der Waals surface area contributed by atoms with Crippen LogP contribution in [0.3, 0.4) is 0 Å². The number of rotatable bonds is 4. The van der Waals surface area contributed by atoms with Crippen LogP contribution in [0.4, 0.5) is 0 Å². The highest BCUT2D eigenvalue weighted by Crippen LogP contribution is 2.30. The molecule has 2 atom stereocenters. The molecular weight excluding hydrogens is 294 g/mol. The van der Waals surface area contributed by atoms with Gasteiger partial charge in [-0.1, -0.05) is 35.0 Å². The standard InChI is InChI=1S/C14H16ClN3O3/c1-19-12(9-4-2-3-5-10(9)15)13-17-14(21-18-13)11-8-16-6-7-20-11/h2-5,11-12,16H,6-8H2,1H3. The molecule has 1 aliphatic rings. The van der Waals surface area contributed by atoms with Crippen molar-refractivity contribution >= 4 is 11.6 Å². The lowest BCUT2D eigenvalue weighted by Gasteiger charge is -2.20. The van der Waals surface area contributed by atoms with Crippen LogP contribution in [0.1, 0.15) is 29.5 Å². The fraction of sp³-hybridized carbons (Fsp3) is 0.429. The fourth-order valence-corrected chi connectivity index (χ4v) is 2.50. The van der Waals surface area contributed by atoms with E-state index in [4.69, 9.17) is 25.6 Å². The van der Waals surface area contributed by atoms with Gasteiger partial charge < -0.3 is 19.3 Å². The van der Waals surface area contributed by atoms with Crippen molar-refractivity contribution in [3.63, 3.8) is 0 Å². The highest BCUT2D eigenvalue weighted by atomic mass is 35.5. The molecule has 1 fully saturated rings. The van der Waals surface area contributed by atoms with E-state index in [0.29, 0.717) is 29.9 Å². The Morgan fingerprint density at radius 3 is 3.00 bits per heavy atom. The molecule has 1 saturated heterocycles. The van der Waals surface area contributed by atoms with E-state index in [2.05, 4.69) is 15.5 Å². The Bertz CT molecular complexity index is 599. The van der Waals surface area contributed by atoms with E-state index in [-0.39, 0.29) is 6.10 Å². The molecule has 6 nitrogen and oxygen atoms in total. The van der Waals surface area contributed by atoms with Crippen molar-refractivity contribution in [3.05, 3.63) is 46.6 Å². The molecular formula is C14H16ClN3O3. The number of nitrogens with one attached hydrogen (secondary N) is 1. The Morgan fingerprint density at radius 2 is 2.29 bits per heavy atom. The largest absolute Gasteiger partial charge is 0.368 e. The van der Waals surface area contributed by atoms with E-state index in [9.17, 15) is 0 Å². The molecule has 2 unspecified atom stereocenters. The molecule has 1 aromatic heterocycles. The number of halogens is 1. The van der Waals surface area contributed by atoms with Gasteiger partial charge in [0.25, 0.3) is 5.89 Å². The molecule has 1 aromatic carbocycles. The van der Waals surface area contributed by atoms with Crippen LogP contribution in [0.25, 0.3) is 0 Å². The van der Waals surface area contributed by atoms with Crippen LogP contribution in [0.15, 0.2) is 28.8 Å². The van der Waals surface area contributed by atoms with E-state index in [1.165, 1.54) is 0 Å². The van der Waals surface area contributed by atoms with Crippen LogP contribution >= 0.6 is 11.6 Å². The first-order valence-corrected chi connectivity index (χ1v) is 7.10. The van der Waals surface area contributed by atoms with Crippen molar-refractivity contribution in [3.8, 4) is 0 Å². The molecule has 0 radical (unpaired) electrons. The van der Waals surface area contributed by atoms with E-state index >= 15 is 0 Å². The SMILES string of the molecule is COC(c1noc(C2CNCCO2)n1)c1ccccc1Cl. The summed E-state index contributed by atoms with van der Waals surface area (Å²) < 4.78 is 16.4. The Hall–Kier alpha value is -1.47. The maximum Gasteiger partial charge on any atom is 0.257 e. The van der Waals surface area contributed by atoms with E-state index in [0.717, 1.165) is 12.1 Å². The number of methoxy groups -OCH3 is 1. The quantitative estimate of drug-likeness (QED) is 0.933. The van der Waals surface area contributed by atoms with Crippen LogP contribution in [0.5, 0.6) is 0 Å². The maximum absolute atomic E-state index is 6.20. The van der Waals surface area contributed by atoms with Gasteiger partial charge in [0.2, 0.25) is 5.82 Å². The van der Waals surface area contributed by atoms with E-state index in [1.54, 1.807) is 13.2 Å². The topological polar surface area (TPSA) is 69.4 Å². The number of morpholine rings is 1. The first kappa shape index (κ1) is 14.5. The fourth-order valence-electron chi connectivity index (χ4n) is 2.27. The molecule has 7 heteroatoms. The molecule has 0 bridgehead atoms. The summed E-state index contributed by atoms with van der Waals surface area (Å²) in [6, 6.07) is 7.44. The monoisotopic (exact) mass is 309 g/mol. The van der Waals surface area contributed by atoms with Crippen molar-refractivity contribution in [1.82, 2.24) is 15.5 Å². The minimum atomic E-state index is -0.465. The lowest BCUT2D eigenvalue weighted by Crippen LogP contribution is -2.33. The van der Waals surface area contributed by atoms with Crippen molar-refractivity contribution < 1.29 is 14.0 Å². The van der Waals surface area contributed by atoms with Crippen LogP contribution in [0.2, 0.25) is 5.02 Å². The van der Waals surface area contributed by atoms with E-state index < -0.39 is 6.10 Å². The van der Waals surface area contributed by atoms with Gasteiger partial charge in [0.1, 0.15) is 12.2 Å². The van der Waals surface area contributed by atoms with Gasteiger partial charge >= 0.3 is 0 Å². The number of nitrogens with zero attached hydrogens (tertiary/aromatic N) is 2. The molecule has 1 N–H and O–H groups in total. The summed E-state index contributed by atoms with van der Waals surface area (Å²) in [5.41, 5.74) is 0.803. The summed E-state index contributed by atoms with van der Waals surface area (Å²) in [4.78, 5) is 4.40. The maximum atomic E-state index is 6.20. The Labute approximate surface area is 127 Å². The molecule has 112 valence electrons. The molecule has 0 spiro atoms. The molecule has 2 aromatic rings. The van der Waals surface area contributed by atoms with Crippen molar-refractivity contribution in [2.75, 3.05) is 26.8 Å². The lowest BCUT2D eigenvalue weighted by atomic mass is 10.1. The summed E-state index contributed by atoms with van der Waals surface area (Å²) in [6.45, 7) is 2.11. The van der Waals surface area contributed by atoms with Crippen LogP contribution < -0.4 is 5.32 Å². The third-order valence-electron chi connectivity index (χ3n) is 3.32. The molecule has 2 heterocycles. The summed E-state index contributed by atoms with van der Waals surface area (Å²) in [6.07, 6.45) is -0.684. The van der Waals surface area contributed by atoms with Gasteiger partial charge in [-0.2, -0.15) is 4.98 Å². The van der Waals surface area contributed by atoms with Gasteiger partial charge in [0.15, 0.2) is 0 Å². The Balaban J connectivity index is 1.85. The zero-order valence-corrected chi connectivity index (χ0v) is 12.3. The second-order valence-corrected chi connectivity index (χ2v) is 5.10. The van der Waals surface area contributed by atoms with Crippen LogP contribution in [-0.4, -0.2) is 36.9 Å². The van der Waals surface area contributed by atoms with Gasteiger partial charge in [-0.3, -0.25) is 0 Å². The Kier molecular flexibility index (Phi) is 4.50. The smallest absolute Gasteiger partial charge is 0.257 e. The second kappa shape index (κ2) is 6.53. The number of ether oxygens (including phenoxy) is 2. The minimum Gasteiger partial charge on any atom is -0.368 e. The number of benzene rings is 1. The van der Waals surface area contributed by atoms with Gasteiger partial charge in [0.05, 0.1) is 6.61 Å². The van der Waals surface area contributed by atoms with Crippen LogP contribution in [-0.2, 0) is 9.47 Å². The summed E-state index contributed by atoms with van der Waals surface area (Å²) in [7, 11) is 1.59. The second-order valence-electron chi connectivity index (χ2n) is 4.69. The molecule has 21 heavy (non-hydrogen) atoms. The molecule has 0 aliphatic carbocycles. The predicted octanol–water partition coefficient (Wildman–Crippen LogP) is 2.12. The van der Waals surface area contributed by atoms with Gasteiger partial charge in [-0.05, 0) is 6.07 Å². The molecule has 1 aliphatic heterocycles. The van der Waals surface area contributed by atoms with Crippen LogP contribution in [0, 0.1) is 0 Å². The normalized spacial score (nSPS) is 20.4. The molecule has 0 amide bonds. The van der Waals surface area contributed by atoms with Gasteiger partial charge in [0, 0.05) is 30.8 Å². The molecule has 3 rings (SSSR count). The first-order valence-electron chi connectivity index (χ1n) is 6.72. The lowest BCUT2D eigenvalue weighted by molar-refractivity contribution is 0.00755. The Morgan fingerprint density at radius 1 is 1.43 bits per heavy atom. The minimum absolute atomic E-state index is 0.219. The van der Waals surface area contributed by atoms with Crippen molar-refractivity contribution in [2.24, 2.45) is 0 Å². The third-order valence-corrected chi connectivity index (χ3v) is 3.66. The number of hydrogen-bond donors (Lipinski definition) is 1. The average molecular weight is 310 g/mol. The van der Waals surface area contributed by atoms with Gasteiger partial charge in [-0.25, -0.2) is 0 Å². The average Bonchev–Trinajstić information content (AvgIpc) is 3.00. The zero-order valence-electron chi connectivity index (χ0n) is 11.6. The summed E-state index contributed by atoms with van der Waals surface area (Å²) >= 11 is 6.20. The number of aromatic nitrogens is 2. The number of hydrogen-bond acceptors (Lipinski definition) is 6. The highest BCUT2D eigenvalue weighted by Gasteiger charge is 2.26. The summed E-state index contributed by atoms with van der Waals surface area (Å²) in [5.74, 6) is 0.890. The van der Waals surface area contributed by atoms with Gasteiger partial charge in [-0.15, -0.1) is 0 Å². The third kappa shape index (κ3) is 3.08. The first-order chi connectivity index (χ1) is 10.3.